The summed E-state index contributed by atoms with van der Waals surface area (Å²) in [5.74, 6) is 2.39. The first-order valence-corrected chi connectivity index (χ1v) is 11.5. The van der Waals surface area contributed by atoms with Gasteiger partial charge < -0.3 is 10.2 Å². The van der Waals surface area contributed by atoms with Crippen LogP contribution >= 0.6 is 11.8 Å². The van der Waals surface area contributed by atoms with Crippen molar-refractivity contribution in [2.24, 2.45) is 23.7 Å². The second kappa shape index (κ2) is 6.54. The Morgan fingerprint density at radius 1 is 1.15 bits per heavy atom. The maximum atomic E-state index is 13.1. The van der Waals surface area contributed by atoms with Gasteiger partial charge in [-0.1, -0.05) is 6.07 Å². The lowest BCUT2D eigenvalue weighted by Crippen LogP contribution is -2.60. The van der Waals surface area contributed by atoms with Gasteiger partial charge in [-0.05, 0) is 80.7 Å². The summed E-state index contributed by atoms with van der Waals surface area (Å²) in [6.45, 7) is 0.509. The number of anilines is 1. The normalized spacial score (nSPS) is 37.1. The highest BCUT2D eigenvalue weighted by Crippen LogP contribution is 2.55. The number of amides is 2. The predicted molar refractivity (Wildman–Crippen MR) is 108 cm³/mol. The van der Waals surface area contributed by atoms with Crippen molar-refractivity contribution in [2.75, 3.05) is 17.7 Å². The Balaban J connectivity index is 1.28. The van der Waals surface area contributed by atoms with Gasteiger partial charge in [-0.25, -0.2) is 0 Å². The smallest absolute Gasteiger partial charge is 0.227 e. The zero-order valence-corrected chi connectivity index (χ0v) is 16.8. The summed E-state index contributed by atoms with van der Waals surface area (Å²) in [4.78, 5) is 28.6. The number of nitrogens with zero attached hydrogens (tertiary/aromatic N) is 1. The van der Waals surface area contributed by atoms with E-state index in [9.17, 15) is 9.59 Å². The zero-order chi connectivity index (χ0) is 18.6. The standard InChI is InChI=1S/C22H28N2O2S/c1-27-19-4-2-3-18(9-19)24-13-17(8-20(24)25)21(26)23-22-10-14-5-15(11-22)7-16(6-14)12-22/h2-4,9,14-17H,5-8,10-13H2,1H3,(H,23,26)/t14?,15?,16?,17-,22?/m0/s1. The van der Waals surface area contributed by atoms with E-state index in [1.807, 2.05) is 30.5 Å². The van der Waals surface area contributed by atoms with Crippen LogP contribution in [0, 0.1) is 23.7 Å². The number of thioether (sulfide) groups is 1. The maximum Gasteiger partial charge on any atom is 0.227 e. The molecule has 4 bridgehead atoms. The predicted octanol–water partition coefficient (Wildman–Crippen LogP) is 3.85. The molecular formula is C22H28N2O2S. The Bertz CT molecular complexity index is 742. The van der Waals surface area contributed by atoms with E-state index in [0.29, 0.717) is 13.0 Å². The Hall–Kier alpha value is -1.49. The minimum absolute atomic E-state index is 0.0288. The average Bonchev–Trinajstić information content (AvgIpc) is 3.02. The highest BCUT2D eigenvalue weighted by molar-refractivity contribution is 7.98. The molecular weight excluding hydrogens is 356 g/mol. The van der Waals surface area contributed by atoms with Crippen molar-refractivity contribution in [3.05, 3.63) is 24.3 Å². The molecule has 1 aromatic carbocycles. The van der Waals surface area contributed by atoms with Gasteiger partial charge in [-0.15, -0.1) is 11.8 Å². The van der Waals surface area contributed by atoms with E-state index >= 15 is 0 Å². The molecule has 27 heavy (non-hydrogen) atoms. The van der Waals surface area contributed by atoms with Crippen molar-refractivity contribution in [3.8, 4) is 0 Å². The molecule has 4 aliphatic carbocycles. The van der Waals surface area contributed by atoms with Crippen molar-refractivity contribution in [1.82, 2.24) is 5.32 Å². The lowest BCUT2D eigenvalue weighted by Gasteiger charge is -2.57. The van der Waals surface area contributed by atoms with Gasteiger partial charge in [-0.3, -0.25) is 9.59 Å². The van der Waals surface area contributed by atoms with E-state index in [4.69, 9.17) is 0 Å². The molecule has 0 radical (unpaired) electrons. The van der Waals surface area contributed by atoms with Gasteiger partial charge in [-0.2, -0.15) is 0 Å². The molecule has 2 amide bonds. The van der Waals surface area contributed by atoms with Crippen LogP contribution in [0.25, 0.3) is 0 Å². The average molecular weight is 385 g/mol. The Labute approximate surface area is 165 Å². The van der Waals surface area contributed by atoms with Crippen molar-refractivity contribution >= 4 is 29.3 Å². The molecule has 1 aromatic rings. The molecule has 144 valence electrons. The lowest BCUT2D eigenvalue weighted by atomic mass is 9.53. The van der Waals surface area contributed by atoms with E-state index in [1.165, 1.54) is 19.3 Å². The fourth-order valence-corrected chi connectivity index (χ4v) is 6.99. The molecule has 4 nitrogen and oxygen atoms in total. The van der Waals surface area contributed by atoms with Crippen LogP contribution in [-0.4, -0.2) is 30.2 Å². The van der Waals surface area contributed by atoms with Crippen molar-refractivity contribution < 1.29 is 9.59 Å². The number of hydrogen-bond acceptors (Lipinski definition) is 3. The molecule has 6 rings (SSSR count). The molecule has 0 unspecified atom stereocenters. The van der Waals surface area contributed by atoms with Crippen molar-refractivity contribution in [2.45, 2.75) is 55.4 Å². The Kier molecular flexibility index (Phi) is 4.26. The minimum atomic E-state index is -0.219. The molecule has 1 heterocycles. The largest absolute Gasteiger partial charge is 0.350 e. The van der Waals surface area contributed by atoms with Gasteiger partial charge in [0.05, 0.1) is 5.92 Å². The fraction of sp³-hybridized carbons (Fsp3) is 0.636. The van der Waals surface area contributed by atoms with Crippen LogP contribution in [0.2, 0.25) is 0 Å². The molecule has 4 saturated carbocycles. The molecule has 5 heteroatoms. The van der Waals surface area contributed by atoms with E-state index < -0.39 is 0 Å². The van der Waals surface area contributed by atoms with E-state index in [-0.39, 0.29) is 23.3 Å². The van der Waals surface area contributed by atoms with Crippen molar-refractivity contribution in [1.29, 1.82) is 0 Å². The lowest BCUT2D eigenvalue weighted by molar-refractivity contribution is -0.131. The highest BCUT2D eigenvalue weighted by atomic mass is 32.2. The van der Waals surface area contributed by atoms with Crippen LogP contribution < -0.4 is 10.2 Å². The third-order valence-corrected chi connectivity index (χ3v) is 8.01. The Morgan fingerprint density at radius 3 is 2.44 bits per heavy atom. The summed E-state index contributed by atoms with van der Waals surface area (Å²) in [6, 6.07) is 8.04. The third kappa shape index (κ3) is 3.18. The summed E-state index contributed by atoms with van der Waals surface area (Å²) >= 11 is 1.67. The van der Waals surface area contributed by atoms with E-state index in [0.717, 1.165) is 47.6 Å². The van der Waals surface area contributed by atoms with Gasteiger partial charge in [0.2, 0.25) is 11.8 Å². The van der Waals surface area contributed by atoms with Gasteiger partial charge >= 0.3 is 0 Å². The van der Waals surface area contributed by atoms with E-state index in [2.05, 4.69) is 5.32 Å². The van der Waals surface area contributed by atoms with Gasteiger partial charge in [0.1, 0.15) is 0 Å². The number of benzene rings is 1. The number of carbonyl (C=O) groups is 2. The van der Waals surface area contributed by atoms with Crippen LogP contribution in [-0.2, 0) is 9.59 Å². The molecule has 1 aliphatic heterocycles. The third-order valence-electron chi connectivity index (χ3n) is 7.29. The van der Waals surface area contributed by atoms with Crippen LogP contribution in [0.4, 0.5) is 5.69 Å². The van der Waals surface area contributed by atoms with Crippen LogP contribution in [0.1, 0.15) is 44.9 Å². The second-order valence-electron chi connectivity index (χ2n) is 9.29. The fourth-order valence-electron chi connectivity index (χ4n) is 6.54. The SMILES string of the molecule is CSc1cccc(N2C[C@@H](C(=O)NC34CC5CC(CC(C5)C3)C4)CC2=O)c1. The quantitative estimate of drug-likeness (QED) is 0.802. The second-order valence-corrected chi connectivity index (χ2v) is 10.2. The van der Waals surface area contributed by atoms with Gasteiger partial charge in [0, 0.05) is 29.1 Å². The molecule has 1 N–H and O–H groups in total. The zero-order valence-electron chi connectivity index (χ0n) is 15.9. The number of hydrogen-bond donors (Lipinski definition) is 1. The van der Waals surface area contributed by atoms with Gasteiger partial charge in [0.15, 0.2) is 0 Å². The highest BCUT2D eigenvalue weighted by Gasteiger charge is 2.52. The van der Waals surface area contributed by atoms with Crippen LogP contribution in [0.5, 0.6) is 0 Å². The molecule has 0 aromatic heterocycles. The monoisotopic (exact) mass is 384 g/mol. The first-order chi connectivity index (χ1) is 13.0. The first-order valence-electron chi connectivity index (χ1n) is 10.3. The molecule has 0 spiro atoms. The van der Waals surface area contributed by atoms with Gasteiger partial charge in [0.25, 0.3) is 0 Å². The molecule has 1 saturated heterocycles. The molecule has 1 atom stereocenters. The first kappa shape index (κ1) is 17.6. The van der Waals surface area contributed by atoms with Crippen molar-refractivity contribution in [3.63, 3.8) is 0 Å². The number of rotatable bonds is 4. The van der Waals surface area contributed by atoms with Crippen LogP contribution in [0.15, 0.2) is 29.2 Å². The summed E-state index contributed by atoms with van der Waals surface area (Å²) in [7, 11) is 0. The number of carbonyl (C=O) groups excluding carboxylic acids is 2. The minimum Gasteiger partial charge on any atom is -0.350 e. The van der Waals surface area contributed by atoms with E-state index in [1.54, 1.807) is 16.7 Å². The van der Waals surface area contributed by atoms with Crippen LogP contribution in [0.3, 0.4) is 0 Å². The Morgan fingerprint density at radius 2 is 1.81 bits per heavy atom. The molecule has 5 fully saturated rings. The maximum absolute atomic E-state index is 13.1. The summed E-state index contributed by atoms with van der Waals surface area (Å²) < 4.78 is 0. The number of nitrogens with one attached hydrogen (secondary N) is 1. The topological polar surface area (TPSA) is 49.4 Å². The summed E-state index contributed by atoms with van der Waals surface area (Å²) in [6.07, 6.45) is 9.96. The summed E-state index contributed by atoms with van der Waals surface area (Å²) in [5, 5.41) is 3.46. The summed E-state index contributed by atoms with van der Waals surface area (Å²) in [5.41, 5.74) is 0.943. The molecule has 5 aliphatic rings.